The van der Waals surface area contributed by atoms with Gasteiger partial charge in [0.1, 0.15) is 11.6 Å². The molecule has 154 valence electrons. The third-order valence-electron chi connectivity index (χ3n) is 5.09. The Morgan fingerprint density at radius 3 is 2.24 bits per heavy atom. The van der Waals surface area contributed by atoms with Crippen molar-refractivity contribution < 1.29 is 14.3 Å². The third-order valence-corrected chi connectivity index (χ3v) is 5.09. The van der Waals surface area contributed by atoms with Crippen LogP contribution in [-0.4, -0.2) is 67.5 Å². The Bertz CT molecular complexity index is 811. The van der Waals surface area contributed by atoms with E-state index in [2.05, 4.69) is 38.9 Å². The van der Waals surface area contributed by atoms with E-state index in [9.17, 15) is 4.79 Å². The molecule has 0 aromatic carbocycles. The number of rotatable bonds is 4. The van der Waals surface area contributed by atoms with Crippen molar-refractivity contribution in [2.75, 3.05) is 54.5 Å². The van der Waals surface area contributed by atoms with E-state index in [1.807, 2.05) is 18.2 Å². The Morgan fingerprint density at radius 1 is 0.966 bits per heavy atom. The lowest BCUT2D eigenvalue weighted by atomic mass is 10.2. The molecule has 4 rings (SSSR count). The van der Waals surface area contributed by atoms with Crippen molar-refractivity contribution in [3.63, 3.8) is 0 Å². The van der Waals surface area contributed by atoms with Gasteiger partial charge in [-0.3, -0.25) is 4.79 Å². The minimum absolute atomic E-state index is 0.174. The number of anilines is 3. The van der Waals surface area contributed by atoms with Crippen LogP contribution in [-0.2, 0) is 9.47 Å². The Kier molecular flexibility index (Phi) is 5.92. The smallest absolute Gasteiger partial charge is 0.257 e. The van der Waals surface area contributed by atoms with E-state index in [1.54, 1.807) is 18.5 Å². The molecule has 0 saturated carbocycles. The zero-order valence-electron chi connectivity index (χ0n) is 16.9. The second-order valence-corrected chi connectivity index (χ2v) is 7.53. The number of carbonyl (C=O) groups is 1. The van der Waals surface area contributed by atoms with E-state index < -0.39 is 0 Å². The first-order valence-corrected chi connectivity index (χ1v) is 10.0. The number of amides is 1. The fraction of sp³-hybridized carbons (Fsp3) is 0.476. The first-order valence-electron chi connectivity index (χ1n) is 10.0. The fourth-order valence-electron chi connectivity index (χ4n) is 3.72. The lowest BCUT2D eigenvalue weighted by Crippen LogP contribution is -2.45. The molecule has 2 fully saturated rings. The van der Waals surface area contributed by atoms with Crippen molar-refractivity contribution >= 4 is 23.2 Å². The van der Waals surface area contributed by atoms with E-state index in [0.717, 1.165) is 37.8 Å². The summed E-state index contributed by atoms with van der Waals surface area (Å²) in [7, 11) is 0. The summed E-state index contributed by atoms with van der Waals surface area (Å²) in [4.78, 5) is 25.8. The highest BCUT2D eigenvalue weighted by molar-refractivity contribution is 6.04. The number of carbonyl (C=O) groups excluding carboxylic acids is 1. The molecule has 4 heterocycles. The van der Waals surface area contributed by atoms with Crippen molar-refractivity contribution in [2.24, 2.45) is 0 Å². The topological polar surface area (TPSA) is 79.8 Å². The van der Waals surface area contributed by atoms with Crippen molar-refractivity contribution in [1.29, 1.82) is 0 Å². The number of aromatic nitrogens is 2. The van der Waals surface area contributed by atoms with Crippen LogP contribution in [0.5, 0.6) is 0 Å². The quantitative estimate of drug-likeness (QED) is 0.847. The van der Waals surface area contributed by atoms with E-state index >= 15 is 0 Å². The van der Waals surface area contributed by atoms with Gasteiger partial charge in [-0.25, -0.2) is 9.97 Å². The molecular weight excluding hydrogens is 370 g/mol. The molecule has 0 spiro atoms. The van der Waals surface area contributed by atoms with Crippen molar-refractivity contribution in [3.05, 3.63) is 42.2 Å². The molecule has 8 heteroatoms. The summed E-state index contributed by atoms with van der Waals surface area (Å²) < 4.78 is 11.1. The zero-order valence-corrected chi connectivity index (χ0v) is 16.9. The fourth-order valence-corrected chi connectivity index (χ4v) is 3.72. The van der Waals surface area contributed by atoms with Crippen molar-refractivity contribution in [2.45, 2.75) is 26.1 Å². The van der Waals surface area contributed by atoms with Gasteiger partial charge in [-0.1, -0.05) is 0 Å². The maximum Gasteiger partial charge on any atom is 0.257 e. The van der Waals surface area contributed by atoms with Gasteiger partial charge in [0.05, 0.1) is 42.9 Å². The van der Waals surface area contributed by atoms with Crippen LogP contribution < -0.4 is 15.1 Å². The zero-order chi connectivity index (χ0) is 20.2. The number of nitrogens with one attached hydrogen (secondary N) is 1. The molecule has 2 saturated heterocycles. The SMILES string of the molecule is CC1CN(c2ccc(NC(=O)c3ccc(N4CCOCC4)nc3)cn2)CC(C)O1. The Hall–Kier alpha value is -2.71. The van der Waals surface area contributed by atoms with Crippen molar-refractivity contribution in [3.8, 4) is 0 Å². The predicted octanol–water partition coefficient (Wildman–Crippen LogP) is 2.18. The van der Waals surface area contributed by atoms with Crippen molar-refractivity contribution in [1.82, 2.24) is 9.97 Å². The van der Waals surface area contributed by atoms with E-state index in [-0.39, 0.29) is 18.1 Å². The average Bonchev–Trinajstić information content (AvgIpc) is 2.74. The van der Waals surface area contributed by atoms with Crippen LogP contribution in [0, 0.1) is 0 Å². The summed E-state index contributed by atoms with van der Waals surface area (Å²) in [6.45, 7) is 8.79. The van der Waals surface area contributed by atoms with Gasteiger partial charge in [0.15, 0.2) is 0 Å². The number of hydrogen-bond donors (Lipinski definition) is 1. The molecule has 0 radical (unpaired) electrons. The summed E-state index contributed by atoms with van der Waals surface area (Å²) in [5, 5.41) is 2.89. The van der Waals surface area contributed by atoms with Crippen LogP contribution in [0.2, 0.25) is 0 Å². The lowest BCUT2D eigenvalue weighted by molar-refractivity contribution is -0.00545. The van der Waals surface area contributed by atoms with Gasteiger partial charge in [0.25, 0.3) is 5.91 Å². The lowest BCUT2D eigenvalue weighted by Gasteiger charge is -2.36. The summed E-state index contributed by atoms with van der Waals surface area (Å²) in [5.74, 6) is 1.56. The van der Waals surface area contributed by atoms with Gasteiger partial charge >= 0.3 is 0 Å². The molecule has 2 aromatic heterocycles. The summed E-state index contributed by atoms with van der Waals surface area (Å²) in [6.07, 6.45) is 3.65. The van der Waals surface area contributed by atoms with Crippen LogP contribution in [0.3, 0.4) is 0 Å². The molecule has 2 aliphatic heterocycles. The van der Waals surface area contributed by atoms with Gasteiger partial charge in [-0.05, 0) is 38.1 Å². The van der Waals surface area contributed by atoms with Crippen LogP contribution in [0.4, 0.5) is 17.3 Å². The first-order chi connectivity index (χ1) is 14.1. The van der Waals surface area contributed by atoms with E-state index in [0.29, 0.717) is 24.5 Å². The predicted molar refractivity (Wildman–Crippen MR) is 112 cm³/mol. The van der Waals surface area contributed by atoms with Gasteiger partial charge in [-0.15, -0.1) is 0 Å². The van der Waals surface area contributed by atoms with Crippen LogP contribution in [0.1, 0.15) is 24.2 Å². The molecule has 2 atom stereocenters. The summed E-state index contributed by atoms with van der Waals surface area (Å²) >= 11 is 0. The minimum Gasteiger partial charge on any atom is -0.378 e. The third kappa shape index (κ3) is 4.83. The van der Waals surface area contributed by atoms with Gasteiger partial charge in [0.2, 0.25) is 0 Å². The molecule has 0 aliphatic carbocycles. The van der Waals surface area contributed by atoms with Crippen LogP contribution in [0.15, 0.2) is 36.7 Å². The monoisotopic (exact) mass is 397 g/mol. The van der Waals surface area contributed by atoms with Crippen LogP contribution in [0.25, 0.3) is 0 Å². The Balaban J connectivity index is 1.37. The number of nitrogens with zero attached hydrogens (tertiary/aromatic N) is 4. The second-order valence-electron chi connectivity index (χ2n) is 7.53. The molecule has 0 bridgehead atoms. The standard InChI is InChI=1S/C21H27N5O3/c1-15-13-26(14-16(2)29-15)20-6-4-18(12-23-20)24-21(27)17-3-5-19(22-11-17)25-7-9-28-10-8-25/h3-6,11-12,15-16H,7-10,13-14H2,1-2H3,(H,24,27). The maximum atomic E-state index is 12.5. The highest BCUT2D eigenvalue weighted by Gasteiger charge is 2.23. The van der Waals surface area contributed by atoms with Crippen LogP contribution >= 0.6 is 0 Å². The van der Waals surface area contributed by atoms with E-state index in [1.165, 1.54) is 0 Å². The average molecular weight is 397 g/mol. The highest BCUT2D eigenvalue weighted by Crippen LogP contribution is 2.20. The molecule has 1 amide bonds. The highest BCUT2D eigenvalue weighted by atomic mass is 16.5. The first kappa shape index (κ1) is 19.6. The van der Waals surface area contributed by atoms with Gasteiger partial charge in [-0.2, -0.15) is 0 Å². The Labute approximate surface area is 170 Å². The number of hydrogen-bond acceptors (Lipinski definition) is 7. The van der Waals surface area contributed by atoms with Gasteiger partial charge in [0, 0.05) is 32.4 Å². The molecule has 2 aromatic rings. The second kappa shape index (κ2) is 8.75. The minimum atomic E-state index is -0.200. The summed E-state index contributed by atoms with van der Waals surface area (Å²) in [5.41, 5.74) is 1.17. The number of morpholine rings is 2. The molecule has 2 unspecified atom stereocenters. The largest absolute Gasteiger partial charge is 0.378 e. The normalized spacial score (nSPS) is 22.4. The summed E-state index contributed by atoms with van der Waals surface area (Å²) in [6, 6.07) is 7.48. The van der Waals surface area contributed by atoms with Gasteiger partial charge < -0.3 is 24.6 Å². The van der Waals surface area contributed by atoms with E-state index in [4.69, 9.17) is 9.47 Å². The number of ether oxygens (including phenoxy) is 2. The molecule has 2 aliphatic rings. The molecule has 8 nitrogen and oxygen atoms in total. The molecular formula is C21H27N5O3. The number of pyridine rings is 2. The molecule has 1 N–H and O–H groups in total. The Morgan fingerprint density at radius 2 is 1.62 bits per heavy atom. The maximum absolute atomic E-state index is 12.5. The molecule has 29 heavy (non-hydrogen) atoms.